The Labute approximate surface area is 283 Å². The molecule has 0 radical (unpaired) electrons. The normalized spacial score (nSPS) is 26.4. The fourth-order valence-corrected chi connectivity index (χ4v) is 10.1. The molecule has 0 saturated heterocycles. The van der Waals surface area contributed by atoms with Gasteiger partial charge in [-0.05, 0) is 118 Å². The van der Waals surface area contributed by atoms with Gasteiger partial charge in [-0.15, -0.1) is 0 Å². The number of halogens is 2. The lowest BCUT2D eigenvalue weighted by molar-refractivity contribution is -0.137. The molecule has 0 amide bonds. The summed E-state index contributed by atoms with van der Waals surface area (Å²) in [6.07, 6.45) is 8.90. The molecule has 3 nitrogen and oxygen atoms in total. The summed E-state index contributed by atoms with van der Waals surface area (Å²) >= 11 is 7.51. The molecule has 4 aliphatic carbocycles. The van der Waals surface area contributed by atoms with Crippen LogP contribution in [0.4, 0.5) is 0 Å². The number of hydrogen-bond donors (Lipinski definition) is 0. The molecule has 0 bridgehead atoms. The number of carbonyl (C=O) groups excluding carboxylic acids is 2. The lowest BCUT2D eigenvalue weighted by Crippen LogP contribution is -2.26. The van der Waals surface area contributed by atoms with Crippen molar-refractivity contribution in [2.45, 2.75) is 91.4 Å². The minimum Gasteiger partial charge on any atom is -0.432 e. The van der Waals surface area contributed by atoms with E-state index >= 15 is 0 Å². The van der Waals surface area contributed by atoms with Crippen LogP contribution in [-0.2, 0) is 27.2 Å². The summed E-state index contributed by atoms with van der Waals surface area (Å²) in [5, 5.41) is 5.32. The molecule has 5 heteroatoms. The highest BCUT2D eigenvalue weighted by molar-refractivity contribution is 9.11. The Morgan fingerprint density at radius 1 is 0.778 bits per heavy atom. The smallest absolute Gasteiger partial charge is 0.307 e. The van der Waals surface area contributed by atoms with Crippen LogP contribution >= 0.6 is 31.9 Å². The first-order valence-electron chi connectivity index (χ1n) is 16.2. The first-order chi connectivity index (χ1) is 21.3. The van der Waals surface area contributed by atoms with E-state index in [1.54, 1.807) is 0 Å². The topological polar surface area (TPSA) is 43.4 Å². The van der Waals surface area contributed by atoms with E-state index in [1.807, 2.05) is 0 Å². The van der Waals surface area contributed by atoms with Gasteiger partial charge in [-0.2, -0.15) is 0 Å². The zero-order chi connectivity index (χ0) is 31.8. The second-order valence-corrected chi connectivity index (χ2v) is 16.3. The molecule has 0 aromatic heterocycles. The molecular weight excluding hydrogens is 688 g/mol. The Hall–Kier alpha value is -2.76. The molecule has 0 unspecified atom stereocenters. The maximum atomic E-state index is 12.0. The lowest BCUT2D eigenvalue weighted by atomic mass is 9.66. The summed E-state index contributed by atoms with van der Waals surface area (Å²) in [6, 6.07) is 17.9. The fourth-order valence-electron chi connectivity index (χ4n) is 8.93. The number of aryl methyl sites for hydroxylation is 4. The first kappa shape index (κ1) is 30.9. The summed E-state index contributed by atoms with van der Waals surface area (Å²) in [4.78, 5) is 23.4. The summed E-state index contributed by atoms with van der Waals surface area (Å²) in [6.45, 7) is 10.4. The van der Waals surface area contributed by atoms with Crippen LogP contribution in [0.3, 0.4) is 0 Å². The molecule has 8 rings (SSSR count). The molecule has 1 saturated carbocycles. The highest BCUT2D eigenvalue weighted by Gasteiger charge is 2.47. The number of esters is 1. The third-order valence-corrected chi connectivity index (χ3v) is 12.5. The van der Waals surface area contributed by atoms with Crippen molar-refractivity contribution in [3.63, 3.8) is 0 Å². The van der Waals surface area contributed by atoms with Gasteiger partial charge in [-0.25, -0.2) is 0 Å². The van der Waals surface area contributed by atoms with E-state index in [-0.39, 0.29) is 16.8 Å². The van der Waals surface area contributed by atoms with E-state index in [0.717, 1.165) is 55.2 Å². The number of Topliss-reactive ketones (excluding diaryl/α,β-unsaturated/α-hetero) is 1. The van der Waals surface area contributed by atoms with Crippen LogP contribution in [0.5, 0.6) is 0 Å². The highest BCUT2D eigenvalue weighted by Crippen LogP contribution is 2.57. The average molecular weight is 729 g/mol. The molecule has 0 N–H and O–H groups in total. The van der Waals surface area contributed by atoms with Gasteiger partial charge < -0.3 is 4.74 Å². The quantitative estimate of drug-likeness (QED) is 0.183. The van der Waals surface area contributed by atoms with Crippen molar-refractivity contribution in [1.82, 2.24) is 0 Å². The van der Waals surface area contributed by atoms with Crippen LogP contribution in [0.1, 0.15) is 98.1 Å². The van der Waals surface area contributed by atoms with E-state index in [4.69, 9.17) is 4.74 Å². The van der Waals surface area contributed by atoms with Crippen molar-refractivity contribution >= 4 is 65.2 Å². The molecule has 45 heavy (non-hydrogen) atoms. The molecular formula is C40H40Br2O3. The summed E-state index contributed by atoms with van der Waals surface area (Å²) in [5.74, 6) is 1.85. The Balaban J connectivity index is 0.000000146. The number of fused-ring (bicyclic) bond motifs is 10. The molecule has 4 atom stereocenters. The third kappa shape index (κ3) is 5.32. The van der Waals surface area contributed by atoms with Crippen LogP contribution in [0, 0.1) is 24.7 Å². The zero-order valence-electron chi connectivity index (χ0n) is 26.8. The average Bonchev–Trinajstić information content (AvgIpc) is 3.47. The molecule has 4 aromatic carbocycles. The molecule has 0 spiro atoms. The maximum Gasteiger partial charge on any atom is 0.307 e. The molecule has 0 aliphatic heterocycles. The second-order valence-electron chi connectivity index (χ2n) is 14.5. The number of benzene rings is 4. The first-order valence-corrected chi connectivity index (χ1v) is 17.8. The summed E-state index contributed by atoms with van der Waals surface area (Å²) in [7, 11) is 0. The van der Waals surface area contributed by atoms with Crippen LogP contribution in [-0.4, -0.2) is 11.8 Å². The Morgan fingerprint density at radius 3 is 1.91 bits per heavy atom. The van der Waals surface area contributed by atoms with Gasteiger partial charge in [0.05, 0.1) is 0 Å². The number of ether oxygens (including phenoxy) is 1. The number of carbonyl (C=O) groups is 2. The largest absolute Gasteiger partial charge is 0.432 e. The Bertz CT molecular complexity index is 1960. The van der Waals surface area contributed by atoms with Gasteiger partial charge in [0.25, 0.3) is 0 Å². The van der Waals surface area contributed by atoms with Gasteiger partial charge in [-0.1, -0.05) is 93.2 Å². The molecule has 4 aliphatic rings. The van der Waals surface area contributed by atoms with Crippen molar-refractivity contribution in [1.29, 1.82) is 0 Å². The standard InChI is InChI=1S/C21H21BrO2.C19H19BrO/c1-12-4-5-16-17(8-12)15-6-7-21(3)11-14(24-13(2)23)9-19(21)18(15)10-20(16)22;1-11-3-4-14-15(7-11)13-5-6-19(2)10-12(21)8-17(19)16(13)9-18(14)20/h4-5,8,10-11,19H,6-7,9H2,1-3H3;3-4,7,9,17H,5-6,8,10H2,1-2H3/t19-,21+;17-,19+/m00/s1. The number of hydrogen-bond acceptors (Lipinski definition) is 3. The van der Waals surface area contributed by atoms with Crippen molar-refractivity contribution in [3.05, 3.63) is 103 Å². The van der Waals surface area contributed by atoms with Gasteiger partial charge in [-0.3, -0.25) is 9.59 Å². The number of allylic oxidation sites excluding steroid dienone is 2. The van der Waals surface area contributed by atoms with Gasteiger partial charge in [0.1, 0.15) is 11.5 Å². The van der Waals surface area contributed by atoms with E-state index in [2.05, 4.69) is 114 Å². The van der Waals surface area contributed by atoms with Gasteiger partial charge >= 0.3 is 5.97 Å². The summed E-state index contributed by atoms with van der Waals surface area (Å²) < 4.78 is 7.75. The van der Waals surface area contributed by atoms with E-state index < -0.39 is 0 Å². The molecule has 0 heterocycles. The molecule has 1 fully saturated rings. The zero-order valence-corrected chi connectivity index (χ0v) is 30.0. The predicted molar refractivity (Wildman–Crippen MR) is 190 cm³/mol. The SMILES string of the molecule is CC(=O)OC1=C[C@@]2(C)CCc3c(cc(Br)c4ccc(C)cc34)[C@@H]2C1.Cc1ccc2c(Br)cc3c(c2c1)CC[C@]1(C)CC(=O)C[C@@H]31. The van der Waals surface area contributed by atoms with Crippen molar-refractivity contribution in [2.24, 2.45) is 10.8 Å². The fraction of sp³-hybridized carbons (Fsp3) is 0.400. The monoisotopic (exact) mass is 726 g/mol. The van der Waals surface area contributed by atoms with E-state index in [9.17, 15) is 9.59 Å². The maximum absolute atomic E-state index is 12.0. The van der Waals surface area contributed by atoms with Crippen molar-refractivity contribution in [2.75, 3.05) is 0 Å². The predicted octanol–water partition coefficient (Wildman–Crippen LogP) is 11.1. The Morgan fingerprint density at radius 2 is 1.33 bits per heavy atom. The van der Waals surface area contributed by atoms with Crippen LogP contribution in [0.2, 0.25) is 0 Å². The molecule has 4 aromatic rings. The Kier molecular flexibility index (Phi) is 7.68. The number of ketones is 1. The summed E-state index contributed by atoms with van der Waals surface area (Å²) in [5.41, 5.74) is 8.63. The van der Waals surface area contributed by atoms with Crippen molar-refractivity contribution in [3.8, 4) is 0 Å². The van der Waals surface area contributed by atoms with Crippen LogP contribution in [0.15, 0.2) is 69.3 Å². The van der Waals surface area contributed by atoms with Gasteiger partial charge in [0.2, 0.25) is 0 Å². The van der Waals surface area contributed by atoms with Gasteiger partial charge in [0.15, 0.2) is 0 Å². The van der Waals surface area contributed by atoms with E-state index in [0.29, 0.717) is 17.6 Å². The van der Waals surface area contributed by atoms with E-state index in [1.165, 1.54) is 66.3 Å². The van der Waals surface area contributed by atoms with Crippen molar-refractivity contribution < 1.29 is 14.3 Å². The minimum atomic E-state index is -0.223. The molecule has 232 valence electrons. The second kappa shape index (κ2) is 11.2. The number of rotatable bonds is 1. The minimum absolute atomic E-state index is 0.0781. The van der Waals surface area contributed by atoms with Crippen LogP contribution < -0.4 is 0 Å². The lowest BCUT2D eigenvalue weighted by Gasteiger charge is -2.38. The van der Waals surface area contributed by atoms with Gasteiger partial charge in [0, 0.05) is 41.0 Å². The highest BCUT2D eigenvalue weighted by atomic mass is 79.9. The van der Waals surface area contributed by atoms with Crippen LogP contribution in [0.25, 0.3) is 21.5 Å². The third-order valence-electron chi connectivity index (χ3n) is 11.2.